The van der Waals surface area contributed by atoms with Crippen LogP contribution >= 0.6 is 0 Å². The Hall–Kier alpha value is -5.09. The molecule has 1 aliphatic rings. The number of aromatic nitrogens is 2. The van der Waals surface area contributed by atoms with Crippen molar-refractivity contribution in [2.75, 3.05) is 19.0 Å². The lowest BCUT2D eigenvalue weighted by Crippen LogP contribution is -2.58. The second-order valence-corrected chi connectivity index (χ2v) is 11.4. The number of benzene rings is 4. The van der Waals surface area contributed by atoms with Gasteiger partial charge in [-0.15, -0.1) is 0 Å². The van der Waals surface area contributed by atoms with Crippen molar-refractivity contribution < 1.29 is 24.5 Å². The first kappa shape index (κ1) is 30.9. The third kappa shape index (κ3) is 5.18. The number of aliphatic hydroxyl groups excluding tert-OH is 2. The highest BCUT2D eigenvalue weighted by Gasteiger charge is 2.63. The fourth-order valence-electron chi connectivity index (χ4n) is 6.64. The van der Waals surface area contributed by atoms with Gasteiger partial charge >= 0.3 is 5.69 Å². The van der Waals surface area contributed by atoms with Gasteiger partial charge in [-0.25, -0.2) is 4.79 Å². The molecule has 0 saturated carbocycles. The van der Waals surface area contributed by atoms with Crippen LogP contribution in [0, 0.1) is 6.92 Å². The summed E-state index contributed by atoms with van der Waals surface area (Å²) in [4.78, 5) is 31.7. The van der Waals surface area contributed by atoms with E-state index in [4.69, 9.17) is 9.47 Å². The molecule has 0 radical (unpaired) electrons. The zero-order valence-corrected chi connectivity index (χ0v) is 25.5. The highest BCUT2D eigenvalue weighted by Crippen LogP contribution is 2.57. The SMILES string of the molecule is COc1cccc(C(c2ccccc2)(c2ccccc2)[C@]2(n3cc(C)c(NC(=O)c4ccccc4)nc3=O)C[C@H](O)[C@@H](CO)O2)c1. The number of amides is 1. The van der Waals surface area contributed by atoms with Crippen LogP contribution in [0.25, 0.3) is 0 Å². The molecule has 0 aliphatic carbocycles. The summed E-state index contributed by atoms with van der Waals surface area (Å²) in [5.74, 6) is 0.283. The van der Waals surface area contributed by atoms with Crippen molar-refractivity contribution in [3.63, 3.8) is 0 Å². The third-order valence-corrected chi connectivity index (χ3v) is 8.71. The summed E-state index contributed by atoms with van der Waals surface area (Å²) in [7, 11) is 1.58. The molecule has 5 aromatic rings. The average Bonchev–Trinajstić information content (AvgIpc) is 3.44. The molecular weight excluding hydrogens is 582 g/mol. The quantitative estimate of drug-likeness (QED) is 0.206. The average molecular weight is 618 g/mol. The van der Waals surface area contributed by atoms with Crippen LogP contribution in [0.1, 0.15) is 39.0 Å². The predicted molar refractivity (Wildman–Crippen MR) is 174 cm³/mol. The van der Waals surface area contributed by atoms with E-state index in [1.54, 1.807) is 44.5 Å². The molecule has 1 fully saturated rings. The molecule has 3 atom stereocenters. The van der Waals surface area contributed by atoms with Crippen LogP contribution in [0.2, 0.25) is 0 Å². The molecule has 0 unspecified atom stereocenters. The molecule has 3 N–H and O–H groups in total. The van der Waals surface area contributed by atoms with E-state index in [1.807, 2.05) is 91.0 Å². The van der Waals surface area contributed by atoms with E-state index in [1.165, 1.54) is 4.57 Å². The Morgan fingerprint density at radius 3 is 2.11 bits per heavy atom. The first-order valence-electron chi connectivity index (χ1n) is 15.0. The molecule has 1 amide bonds. The fourth-order valence-corrected chi connectivity index (χ4v) is 6.64. The molecule has 2 heterocycles. The van der Waals surface area contributed by atoms with E-state index in [0.29, 0.717) is 16.9 Å². The topological polar surface area (TPSA) is 123 Å². The van der Waals surface area contributed by atoms with Gasteiger partial charge in [-0.3, -0.25) is 9.36 Å². The smallest absolute Gasteiger partial charge is 0.351 e. The van der Waals surface area contributed by atoms with E-state index in [9.17, 15) is 19.8 Å². The van der Waals surface area contributed by atoms with Crippen LogP contribution < -0.4 is 15.7 Å². The number of hydrogen-bond acceptors (Lipinski definition) is 7. The summed E-state index contributed by atoms with van der Waals surface area (Å²) >= 11 is 0. The molecule has 0 spiro atoms. The van der Waals surface area contributed by atoms with Crippen LogP contribution in [0.5, 0.6) is 5.75 Å². The van der Waals surface area contributed by atoms with Crippen LogP contribution in [0.15, 0.2) is 126 Å². The van der Waals surface area contributed by atoms with Gasteiger partial charge in [0.25, 0.3) is 5.91 Å². The van der Waals surface area contributed by atoms with Gasteiger partial charge in [0, 0.05) is 23.7 Å². The summed E-state index contributed by atoms with van der Waals surface area (Å²) < 4.78 is 13.9. The first-order valence-corrected chi connectivity index (χ1v) is 15.0. The van der Waals surface area contributed by atoms with Crippen LogP contribution in [-0.2, 0) is 15.9 Å². The minimum absolute atomic E-state index is 0.0734. The van der Waals surface area contributed by atoms with Crippen molar-refractivity contribution >= 4 is 11.7 Å². The molecule has 0 bridgehead atoms. The molecule has 9 nitrogen and oxygen atoms in total. The van der Waals surface area contributed by atoms with Gasteiger partial charge in [0.1, 0.15) is 17.7 Å². The van der Waals surface area contributed by atoms with E-state index in [0.717, 1.165) is 16.7 Å². The van der Waals surface area contributed by atoms with Gasteiger partial charge in [0.15, 0.2) is 5.72 Å². The van der Waals surface area contributed by atoms with Gasteiger partial charge in [0.05, 0.1) is 25.2 Å². The maximum absolute atomic E-state index is 14.3. The van der Waals surface area contributed by atoms with Crippen molar-refractivity contribution in [1.29, 1.82) is 0 Å². The van der Waals surface area contributed by atoms with Gasteiger partial charge in [0.2, 0.25) is 0 Å². The Morgan fingerprint density at radius 1 is 0.957 bits per heavy atom. The highest BCUT2D eigenvalue weighted by molar-refractivity contribution is 6.04. The number of anilines is 1. The van der Waals surface area contributed by atoms with E-state index in [-0.39, 0.29) is 12.2 Å². The van der Waals surface area contributed by atoms with Gasteiger partial charge in [-0.2, -0.15) is 4.98 Å². The number of nitrogens with zero attached hydrogens (tertiary/aromatic N) is 2. The third-order valence-electron chi connectivity index (χ3n) is 8.71. The Labute approximate surface area is 266 Å². The van der Waals surface area contributed by atoms with Crippen molar-refractivity contribution in [1.82, 2.24) is 9.55 Å². The molecule has 6 rings (SSSR count). The van der Waals surface area contributed by atoms with Crippen molar-refractivity contribution in [2.45, 2.75) is 36.7 Å². The van der Waals surface area contributed by atoms with Crippen LogP contribution in [0.3, 0.4) is 0 Å². The second-order valence-electron chi connectivity index (χ2n) is 11.4. The molecule has 4 aromatic carbocycles. The standard InChI is InChI=1S/C37H35N3O6/c1-25-23-40(35(44)39-33(25)38-34(43)26-13-6-3-7-14-26)36(22-31(42)32(24-41)46-36)37(27-15-8-4-9-16-27,28-17-10-5-11-18-28)29-19-12-20-30(21-29)45-2/h3-21,23,31-32,41-42H,22,24H2,1-2H3,(H,38,39,43,44)/t31-,32+,36-/m0/s1. The first-order chi connectivity index (χ1) is 22.3. The summed E-state index contributed by atoms with van der Waals surface area (Å²) in [5, 5.41) is 24.6. The van der Waals surface area contributed by atoms with Crippen LogP contribution in [0.4, 0.5) is 5.82 Å². The van der Waals surface area contributed by atoms with Crippen molar-refractivity contribution in [3.05, 3.63) is 160 Å². The van der Waals surface area contributed by atoms with E-state index < -0.39 is 41.6 Å². The summed E-state index contributed by atoms with van der Waals surface area (Å²) in [6.07, 6.45) is -0.617. The van der Waals surface area contributed by atoms with Gasteiger partial charge in [-0.05, 0) is 47.9 Å². The maximum Gasteiger partial charge on any atom is 0.351 e. The van der Waals surface area contributed by atoms with Crippen molar-refractivity contribution in [3.8, 4) is 5.75 Å². The molecule has 1 aliphatic heterocycles. The Bertz CT molecular complexity index is 1840. The summed E-state index contributed by atoms with van der Waals surface area (Å²) in [5.41, 5.74) is -0.484. The minimum atomic E-state index is -1.66. The molecule has 9 heteroatoms. The Morgan fingerprint density at radius 2 is 1.54 bits per heavy atom. The number of rotatable bonds is 9. The lowest BCUT2D eigenvalue weighted by Gasteiger charge is -2.50. The number of methoxy groups -OCH3 is 1. The monoisotopic (exact) mass is 617 g/mol. The maximum atomic E-state index is 14.3. The predicted octanol–water partition coefficient (Wildman–Crippen LogP) is 4.64. The van der Waals surface area contributed by atoms with E-state index in [2.05, 4.69) is 10.3 Å². The number of carbonyl (C=O) groups excluding carboxylic acids is 1. The lowest BCUT2D eigenvalue weighted by molar-refractivity contribution is -0.147. The number of hydrogen-bond donors (Lipinski definition) is 3. The fraction of sp³-hybridized carbons (Fsp3) is 0.216. The molecule has 1 aromatic heterocycles. The zero-order valence-electron chi connectivity index (χ0n) is 25.5. The molecule has 46 heavy (non-hydrogen) atoms. The number of ether oxygens (including phenoxy) is 2. The summed E-state index contributed by atoms with van der Waals surface area (Å²) in [6, 6.07) is 35.4. The molecule has 1 saturated heterocycles. The van der Waals surface area contributed by atoms with Gasteiger partial charge in [-0.1, -0.05) is 91.0 Å². The van der Waals surface area contributed by atoms with E-state index >= 15 is 0 Å². The highest BCUT2D eigenvalue weighted by atomic mass is 16.6. The lowest BCUT2D eigenvalue weighted by atomic mass is 9.61. The van der Waals surface area contributed by atoms with Gasteiger partial charge < -0.3 is 25.0 Å². The molecular formula is C37H35N3O6. The van der Waals surface area contributed by atoms with Crippen LogP contribution in [-0.4, -0.2) is 51.6 Å². The largest absolute Gasteiger partial charge is 0.497 e. The minimum Gasteiger partial charge on any atom is -0.497 e. The zero-order chi connectivity index (χ0) is 32.3. The normalized spacial score (nSPS) is 19.5. The van der Waals surface area contributed by atoms with Crippen molar-refractivity contribution in [2.24, 2.45) is 0 Å². The number of carbonyl (C=O) groups is 1. The number of nitrogens with one attached hydrogen (secondary N) is 1. The second kappa shape index (κ2) is 12.7. The number of aliphatic hydroxyl groups is 2. The molecule has 234 valence electrons. The summed E-state index contributed by atoms with van der Waals surface area (Å²) in [6.45, 7) is 1.26. The number of aryl methyl sites for hydroxylation is 1. The Kier molecular flexibility index (Phi) is 8.55. The Balaban J connectivity index is 1.67.